The average molecular weight is 295 g/mol. The summed E-state index contributed by atoms with van der Waals surface area (Å²) in [6.07, 6.45) is 1.30. The summed E-state index contributed by atoms with van der Waals surface area (Å²) in [4.78, 5) is 0.189. The second-order valence-corrected chi connectivity index (χ2v) is 6.35. The zero-order valence-electron chi connectivity index (χ0n) is 11.3. The molecule has 0 saturated carbocycles. The van der Waals surface area contributed by atoms with Crippen LogP contribution in [0.15, 0.2) is 46.0 Å². The molecule has 1 heterocycles. The van der Waals surface area contributed by atoms with E-state index in [1.807, 2.05) is 0 Å². The Labute approximate surface area is 118 Å². The molecule has 7 heteroatoms. The van der Waals surface area contributed by atoms with Gasteiger partial charge in [-0.25, -0.2) is 8.42 Å². The van der Waals surface area contributed by atoms with E-state index in [1.165, 1.54) is 12.3 Å². The fourth-order valence-electron chi connectivity index (χ4n) is 1.57. The molecular formula is C13H17N3O3S. The van der Waals surface area contributed by atoms with Crippen LogP contribution in [0.25, 0.3) is 0 Å². The van der Waals surface area contributed by atoms with Gasteiger partial charge in [-0.2, -0.15) is 0 Å². The normalized spacial score (nSPS) is 11.8. The second-order valence-electron chi connectivity index (χ2n) is 4.67. The van der Waals surface area contributed by atoms with Gasteiger partial charge in [0.05, 0.1) is 4.90 Å². The Morgan fingerprint density at radius 2 is 1.90 bits per heavy atom. The highest BCUT2D eigenvalue weighted by Gasteiger charge is 2.15. The van der Waals surface area contributed by atoms with Crippen molar-refractivity contribution in [1.29, 1.82) is 0 Å². The minimum Gasteiger partial charge on any atom is -0.363 e. The molecule has 0 aliphatic heterocycles. The minimum atomic E-state index is -3.62. The van der Waals surface area contributed by atoms with Gasteiger partial charge in [0.1, 0.15) is 6.26 Å². The molecule has 0 amide bonds. The van der Waals surface area contributed by atoms with Gasteiger partial charge in [-0.05, 0) is 17.7 Å². The summed E-state index contributed by atoms with van der Waals surface area (Å²) in [5, 5.41) is 6.79. The third-order valence-electron chi connectivity index (χ3n) is 2.62. The summed E-state index contributed by atoms with van der Waals surface area (Å²) < 4.78 is 31.1. The molecule has 0 radical (unpaired) electrons. The van der Waals surface area contributed by atoms with Crippen LogP contribution in [0.1, 0.15) is 19.4 Å². The van der Waals surface area contributed by atoms with Crippen molar-refractivity contribution in [2.45, 2.75) is 31.3 Å². The van der Waals surface area contributed by atoms with Gasteiger partial charge >= 0.3 is 0 Å². The molecule has 2 aromatic rings. The van der Waals surface area contributed by atoms with Gasteiger partial charge in [-0.1, -0.05) is 31.1 Å². The molecule has 108 valence electrons. The molecule has 2 N–H and O–H groups in total. The monoisotopic (exact) mass is 295 g/mol. The highest BCUT2D eigenvalue weighted by atomic mass is 32.2. The largest absolute Gasteiger partial charge is 0.363 e. The van der Waals surface area contributed by atoms with E-state index in [0.29, 0.717) is 12.6 Å². The Morgan fingerprint density at radius 3 is 2.45 bits per heavy atom. The first-order chi connectivity index (χ1) is 9.47. The van der Waals surface area contributed by atoms with E-state index >= 15 is 0 Å². The van der Waals surface area contributed by atoms with Crippen LogP contribution in [-0.4, -0.2) is 19.6 Å². The Kier molecular flexibility index (Phi) is 4.41. The maximum absolute atomic E-state index is 12.1. The van der Waals surface area contributed by atoms with Crippen LogP contribution < -0.4 is 10.0 Å². The molecule has 1 aromatic carbocycles. The molecule has 0 aliphatic rings. The highest BCUT2D eigenvalue weighted by Crippen LogP contribution is 2.15. The fourth-order valence-corrected chi connectivity index (χ4v) is 2.56. The minimum absolute atomic E-state index is 0.163. The first-order valence-corrected chi connectivity index (χ1v) is 7.71. The summed E-state index contributed by atoms with van der Waals surface area (Å²) in [7, 11) is -3.62. The number of benzene rings is 1. The van der Waals surface area contributed by atoms with Gasteiger partial charge in [-0.15, -0.1) is 0 Å². The van der Waals surface area contributed by atoms with Crippen LogP contribution in [-0.2, 0) is 16.6 Å². The van der Waals surface area contributed by atoms with Crippen molar-refractivity contribution < 1.29 is 12.9 Å². The van der Waals surface area contributed by atoms with Gasteiger partial charge in [0.2, 0.25) is 0 Å². The van der Waals surface area contributed by atoms with Gasteiger partial charge < -0.3 is 9.84 Å². The van der Waals surface area contributed by atoms with Crippen molar-refractivity contribution in [3.63, 3.8) is 0 Å². The lowest BCUT2D eigenvalue weighted by Crippen LogP contribution is -2.21. The first kappa shape index (κ1) is 14.5. The van der Waals surface area contributed by atoms with Crippen molar-refractivity contribution in [2.75, 3.05) is 4.72 Å². The number of rotatable bonds is 6. The van der Waals surface area contributed by atoms with E-state index in [9.17, 15) is 8.42 Å². The molecule has 0 fully saturated rings. The average Bonchev–Trinajstić information content (AvgIpc) is 2.89. The van der Waals surface area contributed by atoms with Crippen LogP contribution in [0.3, 0.4) is 0 Å². The molecular weight excluding hydrogens is 278 g/mol. The highest BCUT2D eigenvalue weighted by molar-refractivity contribution is 7.92. The quantitative estimate of drug-likeness (QED) is 0.851. The molecule has 2 rings (SSSR count). The number of hydrogen-bond donors (Lipinski definition) is 2. The molecule has 0 saturated heterocycles. The SMILES string of the molecule is CC(C)NCc1ccc(S(=O)(=O)Nc2ccon2)cc1. The van der Waals surface area contributed by atoms with Gasteiger partial charge in [0, 0.05) is 18.7 Å². The zero-order chi connectivity index (χ0) is 14.6. The number of anilines is 1. The fraction of sp³-hybridized carbons (Fsp3) is 0.308. The number of nitrogens with zero attached hydrogens (tertiary/aromatic N) is 1. The predicted octanol–water partition coefficient (Wildman–Crippen LogP) is 1.97. The maximum atomic E-state index is 12.1. The van der Waals surface area contributed by atoms with E-state index in [0.717, 1.165) is 5.56 Å². The molecule has 20 heavy (non-hydrogen) atoms. The number of sulfonamides is 1. The second kappa shape index (κ2) is 6.06. The molecule has 0 bridgehead atoms. The van der Waals surface area contributed by atoms with Gasteiger partial charge in [0.15, 0.2) is 5.82 Å². The Bertz CT molecular complexity index is 634. The summed E-state index contributed by atoms with van der Waals surface area (Å²) >= 11 is 0. The smallest absolute Gasteiger partial charge is 0.263 e. The molecule has 0 atom stereocenters. The molecule has 0 aliphatic carbocycles. The lowest BCUT2D eigenvalue weighted by Gasteiger charge is -2.09. The van der Waals surface area contributed by atoms with Gasteiger partial charge in [-0.3, -0.25) is 4.72 Å². The van der Waals surface area contributed by atoms with Crippen LogP contribution in [0.2, 0.25) is 0 Å². The molecule has 0 spiro atoms. The Hall–Kier alpha value is -1.86. The third kappa shape index (κ3) is 3.82. The Morgan fingerprint density at radius 1 is 1.20 bits per heavy atom. The predicted molar refractivity (Wildman–Crippen MR) is 75.7 cm³/mol. The molecule has 6 nitrogen and oxygen atoms in total. The van der Waals surface area contributed by atoms with Crippen molar-refractivity contribution >= 4 is 15.8 Å². The number of aromatic nitrogens is 1. The summed E-state index contributed by atoms with van der Waals surface area (Å²) in [6.45, 7) is 4.82. The van der Waals surface area contributed by atoms with E-state index in [-0.39, 0.29) is 10.7 Å². The van der Waals surface area contributed by atoms with Crippen molar-refractivity contribution in [2.24, 2.45) is 0 Å². The van der Waals surface area contributed by atoms with Crippen molar-refractivity contribution in [3.8, 4) is 0 Å². The zero-order valence-corrected chi connectivity index (χ0v) is 12.1. The Balaban J connectivity index is 2.08. The van der Waals surface area contributed by atoms with E-state index in [2.05, 4.69) is 33.6 Å². The van der Waals surface area contributed by atoms with Crippen LogP contribution in [0, 0.1) is 0 Å². The maximum Gasteiger partial charge on any atom is 0.263 e. The molecule has 0 unspecified atom stereocenters. The summed E-state index contributed by atoms with van der Waals surface area (Å²) in [5.74, 6) is 0.163. The summed E-state index contributed by atoms with van der Waals surface area (Å²) in [6, 6.07) is 8.53. The third-order valence-corrected chi connectivity index (χ3v) is 4.00. The standard InChI is InChI=1S/C13H17N3O3S/c1-10(2)14-9-11-3-5-12(6-4-11)20(17,18)16-13-7-8-19-15-13/h3-8,10,14H,9H2,1-2H3,(H,15,16). The lowest BCUT2D eigenvalue weighted by atomic mass is 10.2. The first-order valence-electron chi connectivity index (χ1n) is 6.23. The van der Waals surface area contributed by atoms with Crippen LogP contribution in [0.4, 0.5) is 5.82 Å². The number of nitrogens with one attached hydrogen (secondary N) is 2. The van der Waals surface area contributed by atoms with E-state index < -0.39 is 10.0 Å². The van der Waals surface area contributed by atoms with E-state index in [1.54, 1.807) is 24.3 Å². The van der Waals surface area contributed by atoms with Crippen LogP contribution in [0.5, 0.6) is 0 Å². The van der Waals surface area contributed by atoms with Crippen LogP contribution >= 0.6 is 0 Å². The topological polar surface area (TPSA) is 84.2 Å². The molecule has 1 aromatic heterocycles. The lowest BCUT2D eigenvalue weighted by molar-refractivity contribution is 0.423. The van der Waals surface area contributed by atoms with Gasteiger partial charge in [0.25, 0.3) is 10.0 Å². The number of hydrogen-bond acceptors (Lipinski definition) is 5. The summed E-state index contributed by atoms with van der Waals surface area (Å²) in [5.41, 5.74) is 1.03. The van der Waals surface area contributed by atoms with Crippen molar-refractivity contribution in [3.05, 3.63) is 42.2 Å². The van der Waals surface area contributed by atoms with E-state index in [4.69, 9.17) is 0 Å². The van der Waals surface area contributed by atoms with Crippen molar-refractivity contribution in [1.82, 2.24) is 10.5 Å².